The number of benzene rings is 1. The van der Waals surface area contributed by atoms with E-state index in [4.69, 9.17) is 21.3 Å². The predicted molar refractivity (Wildman–Crippen MR) is 126 cm³/mol. The Bertz CT molecular complexity index is 1090. The molecule has 0 radical (unpaired) electrons. The molecular weight excluding hydrogens is 412 g/mol. The Balaban J connectivity index is 2.25. The van der Waals surface area contributed by atoms with Crippen molar-refractivity contribution in [2.75, 3.05) is 7.11 Å². The second-order valence-corrected chi connectivity index (χ2v) is 14.5. The number of hydrogen-bond acceptors (Lipinski definition) is 4. The van der Waals surface area contributed by atoms with Gasteiger partial charge in [0.2, 0.25) is 0 Å². The number of hydrogen-bond donors (Lipinski definition) is 0. The first kappa shape index (κ1) is 22.3. The van der Waals surface area contributed by atoms with E-state index >= 15 is 0 Å². The first-order valence-electron chi connectivity index (χ1n) is 10.3. The third-order valence-electron chi connectivity index (χ3n) is 5.97. The third kappa shape index (κ3) is 3.84. The Kier molecular flexibility index (Phi) is 6.54. The molecule has 3 rings (SSSR count). The average molecular weight is 441 g/mol. The van der Waals surface area contributed by atoms with Crippen LogP contribution >= 0.6 is 11.6 Å². The molecule has 0 spiro atoms. The van der Waals surface area contributed by atoms with Gasteiger partial charge in [0.05, 0.1) is 24.0 Å². The van der Waals surface area contributed by atoms with Gasteiger partial charge >= 0.3 is 0 Å². The summed E-state index contributed by atoms with van der Waals surface area (Å²) in [6.45, 7) is 13.8. The highest BCUT2D eigenvalue weighted by Crippen LogP contribution is 2.41. The minimum atomic E-state index is -1.91. The van der Waals surface area contributed by atoms with Crippen LogP contribution in [0.25, 0.3) is 16.9 Å². The number of imidazole rings is 1. The molecule has 0 bridgehead atoms. The molecule has 0 atom stereocenters. The molecular formula is C23H29ClN4OSi. The van der Waals surface area contributed by atoms with Crippen LogP contribution in [0.1, 0.15) is 47.4 Å². The van der Waals surface area contributed by atoms with Crippen LogP contribution in [-0.4, -0.2) is 34.7 Å². The van der Waals surface area contributed by atoms with Crippen molar-refractivity contribution in [3.8, 4) is 22.9 Å². The molecule has 3 aromatic rings. The summed E-state index contributed by atoms with van der Waals surface area (Å²) < 4.78 is 7.26. The zero-order chi connectivity index (χ0) is 22.1. The molecule has 2 heterocycles. The van der Waals surface area contributed by atoms with E-state index < -0.39 is 8.07 Å². The largest absolute Gasteiger partial charge is 0.495 e. The maximum absolute atomic E-state index is 6.40. The number of ether oxygens (including phenoxy) is 1. The summed E-state index contributed by atoms with van der Waals surface area (Å²) in [5, 5.41) is 0.528. The van der Waals surface area contributed by atoms with Crippen molar-refractivity contribution >= 4 is 30.8 Å². The standard InChI is InChI=1S/C23H29ClN4OSi/c1-15(2)30(16(3)4,17(5)6)11-10-22-27-20-13-25-14-26-23(20)28(22)18-8-9-21(29-7)19(24)12-18/h8-9,12-17H,1-7H3. The molecule has 7 heteroatoms. The number of aromatic nitrogens is 4. The minimum Gasteiger partial charge on any atom is -0.495 e. The Labute approximate surface area is 184 Å². The SMILES string of the molecule is COc1ccc(-n2c(C#C[Si](C(C)C)(C(C)C)C(C)C)nc3cncnc32)cc1Cl. The predicted octanol–water partition coefficient (Wildman–Crippen LogP) is 6.05. The molecule has 0 N–H and O–H groups in total. The van der Waals surface area contributed by atoms with Crippen molar-refractivity contribution in [3.63, 3.8) is 0 Å². The molecule has 30 heavy (non-hydrogen) atoms. The Morgan fingerprint density at radius 1 is 1.07 bits per heavy atom. The fourth-order valence-electron chi connectivity index (χ4n) is 4.55. The van der Waals surface area contributed by atoms with Crippen molar-refractivity contribution in [1.82, 2.24) is 19.5 Å². The van der Waals surface area contributed by atoms with E-state index in [1.807, 2.05) is 22.8 Å². The summed E-state index contributed by atoms with van der Waals surface area (Å²) in [4.78, 5) is 13.3. The van der Waals surface area contributed by atoms with Crippen molar-refractivity contribution in [1.29, 1.82) is 0 Å². The normalized spacial score (nSPS) is 12.0. The molecule has 0 saturated heterocycles. The molecule has 1 aromatic carbocycles. The molecule has 158 valence electrons. The minimum absolute atomic E-state index is 0.528. The van der Waals surface area contributed by atoms with E-state index in [0.29, 0.717) is 44.4 Å². The molecule has 2 aromatic heterocycles. The molecule has 0 aliphatic rings. The number of nitrogens with zero attached hydrogens (tertiary/aromatic N) is 4. The topological polar surface area (TPSA) is 52.8 Å². The quantitative estimate of drug-likeness (QED) is 0.358. The maximum atomic E-state index is 6.40. The number of rotatable bonds is 5. The molecule has 0 aliphatic heterocycles. The highest BCUT2D eigenvalue weighted by molar-refractivity contribution is 6.90. The Morgan fingerprint density at radius 3 is 2.30 bits per heavy atom. The van der Waals surface area contributed by atoms with Crippen molar-refractivity contribution in [2.24, 2.45) is 0 Å². The van der Waals surface area contributed by atoms with E-state index in [2.05, 4.69) is 63.0 Å². The third-order valence-corrected chi connectivity index (χ3v) is 12.6. The lowest BCUT2D eigenvalue weighted by Crippen LogP contribution is -2.43. The first-order valence-corrected chi connectivity index (χ1v) is 12.9. The fourth-order valence-corrected chi connectivity index (χ4v) is 10.00. The van der Waals surface area contributed by atoms with Gasteiger partial charge in [-0.1, -0.05) is 53.1 Å². The lowest BCUT2D eigenvalue weighted by Gasteiger charge is -2.38. The van der Waals surface area contributed by atoms with Gasteiger partial charge in [-0.3, -0.25) is 4.57 Å². The van der Waals surface area contributed by atoms with Gasteiger partial charge in [0.15, 0.2) is 11.5 Å². The Hall–Kier alpha value is -2.36. The van der Waals surface area contributed by atoms with E-state index in [-0.39, 0.29) is 0 Å². The smallest absolute Gasteiger partial charge is 0.191 e. The lowest BCUT2D eigenvalue weighted by atomic mass is 10.3. The highest BCUT2D eigenvalue weighted by Gasteiger charge is 2.41. The van der Waals surface area contributed by atoms with Gasteiger partial charge in [0, 0.05) is 0 Å². The maximum Gasteiger partial charge on any atom is 0.191 e. The second kappa shape index (κ2) is 8.79. The van der Waals surface area contributed by atoms with Gasteiger partial charge in [-0.25, -0.2) is 15.0 Å². The van der Waals surface area contributed by atoms with Crippen molar-refractivity contribution < 1.29 is 4.74 Å². The van der Waals surface area contributed by atoms with E-state index in [1.165, 1.54) is 6.33 Å². The number of halogens is 1. The fraction of sp³-hybridized carbons (Fsp3) is 0.435. The highest BCUT2D eigenvalue weighted by atomic mass is 35.5. The van der Waals surface area contributed by atoms with E-state index in [0.717, 1.165) is 5.69 Å². The van der Waals surface area contributed by atoms with Crippen LogP contribution in [0.5, 0.6) is 5.75 Å². The molecule has 0 unspecified atom stereocenters. The molecule has 5 nitrogen and oxygen atoms in total. The first-order chi connectivity index (χ1) is 14.2. The van der Waals surface area contributed by atoms with Crippen LogP contribution in [-0.2, 0) is 0 Å². The van der Waals surface area contributed by atoms with Gasteiger partial charge in [-0.05, 0) is 40.7 Å². The summed E-state index contributed by atoms with van der Waals surface area (Å²) in [5.74, 6) is 4.74. The summed E-state index contributed by atoms with van der Waals surface area (Å²) in [7, 11) is -0.303. The number of methoxy groups -OCH3 is 1. The van der Waals surface area contributed by atoms with Crippen molar-refractivity contribution in [3.05, 3.63) is 41.6 Å². The second-order valence-electron chi connectivity index (χ2n) is 8.47. The zero-order valence-electron chi connectivity index (χ0n) is 18.7. The average Bonchev–Trinajstić information content (AvgIpc) is 3.06. The van der Waals surface area contributed by atoms with Crippen LogP contribution in [0.3, 0.4) is 0 Å². The lowest BCUT2D eigenvalue weighted by molar-refractivity contribution is 0.415. The molecule has 0 amide bonds. The van der Waals surface area contributed by atoms with Gasteiger partial charge in [-0.15, -0.1) is 5.54 Å². The van der Waals surface area contributed by atoms with Crippen LogP contribution in [0.2, 0.25) is 21.6 Å². The van der Waals surface area contributed by atoms with Crippen LogP contribution in [0, 0.1) is 11.5 Å². The van der Waals surface area contributed by atoms with Crippen molar-refractivity contribution in [2.45, 2.75) is 58.2 Å². The summed E-state index contributed by atoms with van der Waals surface area (Å²) in [5.41, 5.74) is 7.64. The van der Waals surface area contributed by atoms with Crippen LogP contribution < -0.4 is 4.74 Å². The van der Waals surface area contributed by atoms with Gasteiger partial charge in [0.1, 0.15) is 25.7 Å². The van der Waals surface area contributed by atoms with Gasteiger partial charge in [-0.2, -0.15) is 0 Å². The molecule has 0 saturated carbocycles. The monoisotopic (exact) mass is 440 g/mol. The molecule has 0 fully saturated rings. The van der Waals surface area contributed by atoms with Gasteiger partial charge in [0.25, 0.3) is 0 Å². The number of fused-ring (bicyclic) bond motifs is 1. The molecule has 0 aliphatic carbocycles. The van der Waals surface area contributed by atoms with Gasteiger partial charge < -0.3 is 4.74 Å². The Morgan fingerprint density at radius 2 is 1.73 bits per heavy atom. The van der Waals surface area contributed by atoms with Crippen LogP contribution in [0.15, 0.2) is 30.7 Å². The summed E-state index contributed by atoms with van der Waals surface area (Å²) in [6.07, 6.45) is 3.24. The van der Waals surface area contributed by atoms with E-state index in [9.17, 15) is 0 Å². The van der Waals surface area contributed by atoms with E-state index in [1.54, 1.807) is 13.3 Å². The van der Waals surface area contributed by atoms with Crippen LogP contribution in [0.4, 0.5) is 0 Å². The summed E-state index contributed by atoms with van der Waals surface area (Å²) in [6, 6.07) is 5.64. The zero-order valence-corrected chi connectivity index (χ0v) is 20.4. The summed E-state index contributed by atoms with van der Waals surface area (Å²) >= 11 is 6.40.